The van der Waals surface area contributed by atoms with Crippen LogP contribution in [0.5, 0.6) is 28.9 Å². The fraction of sp³-hybridized carbons (Fsp3) is 0.136. The molecule has 0 radical (unpaired) electrons. The Kier molecular flexibility index (Phi) is 4.44. The zero-order valence-corrected chi connectivity index (χ0v) is 16.0. The predicted molar refractivity (Wildman–Crippen MR) is 108 cm³/mol. The fourth-order valence-electron chi connectivity index (χ4n) is 3.19. The van der Waals surface area contributed by atoms with Crippen LogP contribution >= 0.6 is 0 Å². The van der Waals surface area contributed by atoms with Gasteiger partial charge in [0.2, 0.25) is 0 Å². The van der Waals surface area contributed by atoms with Crippen molar-refractivity contribution in [2.45, 2.75) is 6.10 Å². The summed E-state index contributed by atoms with van der Waals surface area (Å²) in [5, 5.41) is 0. The van der Waals surface area contributed by atoms with E-state index in [1.807, 2.05) is 24.3 Å². The van der Waals surface area contributed by atoms with Gasteiger partial charge in [0.25, 0.3) is 11.4 Å². The van der Waals surface area contributed by atoms with Gasteiger partial charge in [0.15, 0.2) is 11.9 Å². The molecular weight excluding hydrogens is 386 g/mol. The zero-order chi connectivity index (χ0) is 20.5. The summed E-state index contributed by atoms with van der Waals surface area (Å²) >= 11 is 0. The zero-order valence-electron chi connectivity index (χ0n) is 16.0. The minimum absolute atomic E-state index is 0.185. The molecule has 0 unspecified atom stereocenters. The summed E-state index contributed by atoms with van der Waals surface area (Å²) in [6.45, 7) is 0.349. The molecular formula is C22H17N3O5. The minimum atomic E-state index is -0.262. The monoisotopic (exact) mass is 403 g/mol. The third-order valence-corrected chi connectivity index (χ3v) is 4.72. The van der Waals surface area contributed by atoms with Crippen molar-refractivity contribution >= 4 is 5.65 Å². The lowest BCUT2D eigenvalue weighted by Gasteiger charge is -2.26. The summed E-state index contributed by atoms with van der Waals surface area (Å²) in [4.78, 5) is 20.4. The van der Waals surface area contributed by atoms with Crippen LogP contribution in [-0.4, -0.2) is 28.1 Å². The Morgan fingerprint density at radius 2 is 1.87 bits per heavy atom. The molecule has 0 amide bonds. The number of ether oxygens (including phenoxy) is 4. The average molecular weight is 403 g/mol. The second-order valence-electron chi connectivity index (χ2n) is 6.64. The van der Waals surface area contributed by atoms with E-state index in [1.165, 1.54) is 16.7 Å². The van der Waals surface area contributed by atoms with Crippen LogP contribution in [0.25, 0.3) is 5.65 Å². The predicted octanol–water partition coefficient (Wildman–Crippen LogP) is 3.40. The number of methoxy groups -OCH3 is 1. The first-order valence-electron chi connectivity index (χ1n) is 9.28. The van der Waals surface area contributed by atoms with E-state index in [4.69, 9.17) is 18.9 Å². The molecule has 150 valence electrons. The summed E-state index contributed by atoms with van der Waals surface area (Å²) in [6.07, 6.45) is 4.35. The van der Waals surface area contributed by atoms with E-state index in [0.29, 0.717) is 35.4 Å². The van der Waals surface area contributed by atoms with Crippen molar-refractivity contribution < 1.29 is 18.9 Å². The van der Waals surface area contributed by atoms with Gasteiger partial charge >= 0.3 is 0 Å². The number of hydrogen-bond donors (Lipinski definition) is 0. The van der Waals surface area contributed by atoms with Crippen LogP contribution in [0.4, 0.5) is 0 Å². The van der Waals surface area contributed by atoms with Gasteiger partial charge in [0.1, 0.15) is 29.5 Å². The third kappa shape index (κ3) is 3.39. The van der Waals surface area contributed by atoms with Gasteiger partial charge in [-0.25, -0.2) is 9.97 Å². The smallest absolute Gasteiger partial charge is 0.258 e. The number of hydrogen-bond acceptors (Lipinski definition) is 7. The minimum Gasteiger partial charge on any atom is -0.497 e. The van der Waals surface area contributed by atoms with Crippen molar-refractivity contribution in [2.24, 2.45) is 0 Å². The number of aromatic nitrogens is 3. The standard InChI is InChI=1S/C22H17N3O5/c1-27-15-4-2-14(3-5-15)19-13-28-18-10-17(11-24-22(18)30-19)29-16-6-7-20-23-9-8-21(26)25(20)12-16/h2-12,19H,13H2,1H3/t19-/m0/s1. The Morgan fingerprint density at radius 3 is 2.70 bits per heavy atom. The number of nitrogens with zero attached hydrogens (tertiary/aromatic N) is 3. The summed E-state index contributed by atoms with van der Waals surface area (Å²) in [5.74, 6) is 2.62. The van der Waals surface area contributed by atoms with Crippen molar-refractivity contribution in [3.63, 3.8) is 0 Å². The Morgan fingerprint density at radius 1 is 1.03 bits per heavy atom. The summed E-state index contributed by atoms with van der Waals surface area (Å²) in [6, 6.07) is 14.2. The van der Waals surface area contributed by atoms with Crippen LogP contribution in [0.3, 0.4) is 0 Å². The molecule has 0 N–H and O–H groups in total. The first-order valence-corrected chi connectivity index (χ1v) is 9.28. The van der Waals surface area contributed by atoms with Gasteiger partial charge in [-0.1, -0.05) is 12.1 Å². The molecule has 0 spiro atoms. The molecule has 0 bridgehead atoms. The molecule has 1 atom stereocenters. The Hall–Kier alpha value is -4.07. The molecule has 1 aliphatic rings. The maximum Gasteiger partial charge on any atom is 0.258 e. The number of pyridine rings is 2. The normalized spacial score (nSPS) is 15.0. The number of fused-ring (bicyclic) bond motifs is 2. The molecule has 4 heterocycles. The molecule has 8 heteroatoms. The van der Waals surface area contributed by atoms with Crippen LogP contribution in [-0.2, 0) is 0 Å². The maximum absolute atomic E-state index is 12.0. The largest absolute Gasteiger partial charge is 0.497 e. The van der Waals surface area contributed by atoms with E-state index in [-0.39, 0.29) is 11.7 Å². The molecule has 0 fully saturated rings. The van der Waals surface area contributed by atoms with Crippen molar-refractivity contribution in [2.75, 3.05) is 13.7 Å². The van der Waals surface area contributed by atoms with Gasteiger partial charge < -0.3 is 18.9 Å². The molecule has 0 saturated carbocycles. The van der Waals surface area contributed by atoms with Gasteiger partial charge in [-0.15, -0.1) is 0 Å². The van der Waals surface area contributed by atoms with E-state index < -0.39 is 0 Å². The van der Waals surface area contributed by atoms with Crippen LogP contribution in [0.2, 0.25) is 0 Å². The SMILES string of the molecule is COc1ccc([C@@H]2COc3cc(Oc4ccc5nccc(=O)n5c4)cnc3O2)cc1. The lowest BCUT2D eigenvalue weighted by molar-refractivity contribution is 0.0846. The van der Waals surface area contributed by atoms with Crippen molar-refractivity contribution in [3.8, 4) is 28.9 Å². The lowest BCUT2D eigenvalue weighted by atomic mass is 10.1. The third-order valence-electron chi connectivity index (χ3n) is 4.72. The molecule has 5 rings (SSSR count). The molecule has 30 heavy (non-hydrogen) atoms. The molecule has 0 saturated heterocycles. The van der Waals surface area contributed by atoms with Gasteiger partial charge in [-0.05, 0) is 29.8 Å². The van der Waals surface area contributed by atoms with Crippen molar-refractivity contribution in [1.82, 2.24) is 14.4 Å². The lowest BCUT2D eigenvalue weighted by Crippen LogP contribution is -2.22. The highest BCUT2D eigenvalue weighted by Crippen LogP contribution is 2.37. The van der Waals surface area contributed by atoms with Crippen LogP contribution < -0.4 is 24.5 Å². The quantitative estimate of drug-likeness (QED) is 0.516. The Bertz CT molecular complexity index is 1270. The second-order valence-corrected chi connectivity index (χ2v) is 6.64. The Balaban J connectivity index is 1.35. The van der Waals surface area contributed by atoms with E-state index in [1.54, 1.807) is 37.7 Å². The molecule has 0 aliphatic carbocycles. The second kappa shape index (κ2) is 7.40. The van der Waals surface area contributed by atoms with Crippen molar-refractivity contribution in [3.05, 3.63) is 83.0 Å². The summed E-state index contributed by atoms with van der Waals surface area (Å²) < 4.78 is 24.3. The highest BCUT2D eigenvalue weighted by atomic mass is 16.6. The van der Waals surface area contributed by atoms with Gasteiger partial charge in [0.05, 0.1) is 19.5 Å². The Labute approximate surface area is 171 Å². The van der Waals surface area contributed by atoms with E-state index in [2.05, 4.69) is 9.97 Å². The molecule has 1 aromatic carbocycles. The van der Waals surface area contributed by atoms with Crippen molar-refractivity contribution in [1.29, 1.82) is 0 Å². The molecule has 4 aromatic rings. The van der Waals surface area contributed by atoms with Gasteiger partial charge in [-0.3, -0.25) is 9.20 Å². The van der Waals surface area contributed by atoms with E-state index in [0.717, 1.165) is 11.3 Å². The highest BCUT2D eigenvalue weighted by Gasteiger charge is 2.24. The molecule has 1 aliphatic heterocycles. The number of benzene rings is 1. The van der Waals surface area contributed by atoms with E-state index >= 15 is 0 Å². The molecule has 3 aromatic heterocycles. The van der Waals surface area contributed by atoms with Gasteiger partial charge in [-0.2, -0.15) is 0 Å². The van der Waals surface area contributed by atoms with Crippen LogP contribution in [0.15, 0.2) is 71.9 Å². The summed E-state index contributed by atoms with van der Waals surface area (Å²) in [7, 11) is 1.63. The van der Waals surface area contributed by atoms with Crippen LogP contribution in [0.1, 0.15) is 11.7 Å². The first kappa shape index (κ1) is 18.0. The summed E-state index contributed by atoms with van der Waals surface area (Å²) in [5.41, 5.74) is 1.33. The highest BCUT2D eigenvalue weighted by molar-refractivity contribution is 5.45. The topological polar surface area (TPSA) is 84.2 Å². The van der Waals surface area contributed by atoms with Gasteiger partial charge in [0, 0.05) is 18.3 Å². The average Bonchev–Trinajstić information content (AvgIpc) is 2.79. The van der Waals surface area contributed by atoms with Crippen LogP contribution in [0, 0.1) is 0 Å². The first-order chi connectivity index (χ1) is 14.7. The molecule has 8 nitrogen and oxygen atoms in total. The fourth-order valence-corrected chi connectivity index (χ4v) is 3.19. The maximum atomic E-state index is 12.0. The van der Waals surface area contributed by atoms with E-state index in [9.17, 15) is 4.79 Å². The number of rotatable bonds is 4.